The van der Waals surface area contributed by atoms with Crippen LogP contribution in [0.3, 0.4) is 0 Å². The molecule has 101 heavy (non-hydrogen) atoms. The number of nitrogens with zero attached hydrogens (tertiary/aromatic N) is 3. The number of unbranched alkanes of at least 4 members (excludes halogenated alkanes) is 6. The Morgan fingerprint density at radius 3 is 0.990 bits per heavy atom. The molecular weight excluding hydrogens is 1510 g/mol. The summed E-state index contributed by atoms with van der Waals surface area (Å²) in [6.07, 6.45) is 60.1. The fraction of sp³-hybridized carbons (Fsp3) is 0.523. The fourth-order valence-corrected chi connectivity index (χ4v) is 36.8. The molecule has 3 aliphatic heterocycles. The van der Waals surface area contributed by atoms with Gasteiger partial charge in [0.05, 0.1) is 27.3 Å². The molecule has 0 bridgehead atoms. The van der Waals surface area contributed by atoms with E-state index in [4.69, 9.17) is 43.5 Å². The molecule has 0 amide bonds. The van der Waals surface area contributed by atoms with Crippen molar-refractivity contribution in [2.24, 2.45) is 59.2 Å². The van der Waals surface area contributed by atoms with E-state index in [0.717, 1.165) is 35.4 Å². The number of aryl methyl sites for hydroxylation is 1. The Morgan fingerprint density at radius 2 is 0.644 bits per heavy atom. The summed E-state index contributed by atoms with van der Waals surface area (Å²) in [4.78, 5) is 8.07. The van der Waals surface area contributed by atoms with Crippen LogP contribution >= 0.6 is 34.1 Å². The van der Waals surface area contributed by atoms with Crippen molar-refractivity contribution in [3.05, 3.63) is 240 Å². The summed E-state index contributed by atoms with van der Waals surface area (Å²) in [5.74, 6) is 8.11. The Bertz CT molecular complexity index is 3390. The van der Waals surface area contributed by atoms with E-state index in [2.05, 4.69) is 286 Å². The van der Waals surface area contributed by atoms with Crippen LogP contribution in [-0.2, 0) is 51.2 Å². The molecule has 20 unspecified atom stereocenters. The molecule has 12 aliphatic rings. The topological polar surface area (TPSA) is 28.2 Å². The molecule has 13 heteroatoms. The summed E-state index contributed by atoms with van der Waals surface area (Å²) in [5.41, 5.74) is 13.7. The van der Waals surface area contributed by atoms with Gasteiger partial charge in [-0.2, -0.15) is 0 Å². The minimum atomic E-state index is -2.02. The van der Waals surface area contributed by atoms with Gasteiger partial charge in [-0.15, -0.1) is 0 Å². The SMILES string of the molecule is CN1c2ccccc2C2C1C1C=CC=CC1C2[Si](C)(CCCCCCOC(C)(C)C)C1C2C=CC=CC2C2C1c1ccccc1N2C.Cc1ccc2c(c1)C1C(C3C=CC=CC3C1[Si](C)(CCCCCCOC(C)(C)C)C1C3C=CC=CC3C3C=CC=CC31)N2C.[CH3-].[CH3-].[CH3-].[CH3-].[Cl][Zr+2][Cl].[Cl][Zr+2][Cl]. The van der Waals surface area contributed by atoms with Crippen LogP contribution in [0.5, 0.6) is 0 Å². The first-order valence-electron chi connectivity index (χ1n) is 37.1. The van der Waals surface area contributed by atoms with Crippen molar-refractivity contribution in [3.63, 3.8) is 0 Å². The molecular formula is C88H123Cl4N3O2Si2Zr2. The second kappa shape index (κ2) is 36.3. The molecule has 3 aromatic carbocycles. The van der Waals surface area contributed by atoms with Gasteiger partial charge >= 0.3 is 75.7 Å². The van der Waals surface area contributed by atoms with Gasteiger partial charge in [0.1, 0.15) is 0 Å². The van der Waals surface area contributed by atoms with Crippen LogP contribution in [0.1, 0.15) is 133 Å². The maximum atomic E-state index is 6.11. The van der Waals surface area contributed by atoms with E-state index in [1.54, 1.807) is 16.7 Å². The normalized spacial score (nSPS) is 32.8. The first kappa shape index (κ1) is 84.4. The van der Waals surface area contributed by atoms with E-state index in [9.17, 15) is 0 Å². The minimum absolute atomic E-state index is 0. The fourth-order valence-electron chi connectivity index (χ4n) is 22.9. The van der Waals surface area contributed by atoms with Crippen molar-refractivity contribution in [1.29, 1.82) is 0 Å². The van der Waals surface area contributed by atoms with Crippen molar-refractivity contribution in [3.8, 4) is 0 Å². The monoisotopic (exact) mass is 1630 g/mol. The maximum absolute atomic E-state index is 6.11. The summed E-state index contributed by atoms with van der Waals surface area (Å²) >= 11 is -1.65. The summed E-state index contributed by atoms with van der Waals surface area (Å²) in [5, 5.41) is 0. The first-order valence-corrected chi connectivity index (χ1v) is 55.5. The van der Waals surface area contributed by atoms with Gasteiger partial charge in [0.25, 0.3) is 0 Å². The molecule has 3 heterocycles. The number of fused-ring (bicyclic) bond motifs is 18. The van der Waals surface area contributed by atoms with Gasteiger partial charge in [-0.25, -0.2) is 0 Å². The number of benzene rings is 3. The second-order valence-corrected chi connectivity index (χ2v) is 50.3. The summed E-state index contributed by atoms with van der Waals surface area (Å²) in [7, 11) is 23.0. The van der Waals surface area contributed by atoms with Crippen molar-refractivity contribution in [2.75, 3.05) is 49.1 Å². The van der Waals surface area contributed by atoms with Crippen LogP contribution in [-0.4, -0.2) is 79.8 Å². The number of allylic oxidation sites excluding steroid dienone is 17. The summed E-state index contributed by atoms with van der Waals surface area (Å²) in [6.45, 7) is 22.9. The zero-order valence-corrected chi connectivity index (χ0v) is 74.0. The average molecular weight is 1640 g/mol. The van der Waals surface area contributed by atoms with E-state index in [-0.39, 0.29) is 40.9 Å². The molecule has 4 fully saturated rings. The van der Waals surface area contributed by atoms with Gasteiger partial charge in [-0.1, -0.05) is 239 Å². The van der Waals surface area contributed by atoms with Crippen LogP contribution in [0.4, 0.5) is 17.1 Å². The molecule has 0 radical (unpaired) electrons. The van der Waals surface area contributed by atoms with Gasteiger partial charge in [0.15, 0.2) is 0 Å². The Labute approximate surface area is 654 Å². The number of rotatable bonds is 18. The predicted octanol–water partition coefficient (Wildman–Crippen LogP) is 24.9. The van der Waals surface area contributed by atoms with Crippen LogP contribution in [0.15, 0.2) is 188 Å². The van der Waals surface area contributed by atoms with Crippen molar-refractivity contribution in [1.82, 2.24) is 0 Å². The third kappa shape index (κ3) is 16.7. The Kier molecular flexibility index (Phi) is 30.3. The van der Waals surface area contributed by atoms with E-state index in [1.807, 2.05) is 0 Å². The van der Waals surface area contributed by atoms with Crippen molar-refractivity contribution in [2.45, 2.75) is 194 Å². The number of anilines is 3. The van der Waals surface area contributed by atoms with E-state index >= 15 is 0 Å². The Balaban J connectivity index is 0.000000230. The Morgan fingerprint density at radius 1 is 0.366 bits per heavy atom. The number of ether oxygens (including phenoxy) is 2. The van der Waals surface area contributed by atoms with Crippen LogP contribution in [0.25, 0.3) is 0 Å². The van der Waals surface area contributed by atoms with Gasteiger partial charge in [-0.05, 0) is 160 Å². The molecule has 9 aliphatic carbocycles. The van der Waals surface area contributed by atoms with Gasteiger partial charge in [0, 0.05) is 105 Å². The molecule has 5 nitrogen and oxygen atoms in total. The molecule has 4 saturated carbocycles. The number of para-hydroxylation sites is 2. The van der Waals surface area contributed by atoms with E-state index in [1.165, 1.54) is 86.1 Å². The van der Waals surface area contributed by atoms with Crippen molar-refractivity contribution < 1.29 is 51.2 Å². The van der Waals surface area contributed by atoms with E-state index in [0.29, 0.717) is 95.1 Å². The quantitative estimate of drug-likeness (QED) is 0.0719. The van der Waals surface area contributed by atoms with E-state index < -0.39 is 57.8 Å². The zero-order valence-electron chi connectivity index (χ0n) is 64.1. The average Bonchev–Trinajstić information content (AvgIpc) is 1.53. The third-order valence-electron chi connectivity index (χ3n) is 26.0. The van der Waals surface area contributed by atoms with Gasteiger partial charge < -0.3 is 53.9 Å². The summed E-state index contributed by atoms with van der Waals surface area (Å²) < 4.78 is 12.2. The molecule has 0 N–H and O–H groups in total. The van der Waals surface area contributed by atoms with Crippen LogP contribution in [0.2, 0.25) is 47.3 Å². The summed E-state index contributed by atoms with van der Waals surface area (Å²) in [6, 6.07) is 30.8. The zero-order chi connectivity index (χ0) is 68.6. The predicted molar refractivity (Wildman–Crippen MR) is 440 cm³/mol. The molecule has 3 aromatic rings. The molecule has 20 atom stereocenters. The number of likely N-dealkylation sites (N-methyl/N-ethyl adjacent to an activating group) is 3. The molecule has 546 valence electrons. The molecule has 0 aromatic heterocycles. The second-order valence-electron chi connectivity index (χ2n) is 33.2. The van der Waals surface area contributed by atoms with Gasteiger partial charge in [0.2, 0.25) is 0 Å². The third-order valence-corrected chi connectivity index (χ3v) is 38.0. The van der Waals surface area contributed by atoms with Crippen LogP contribution < -0.4 is 14.7 Å². The molecule has 0 saturated heterocycles. The standard InChI is InChI=1S/C43H56N2OSi.C41H55NOSi.4CH3.4ClH.2Zr/c1-43(2,3)46-27-17-7-8-18-28-47(6,41-31-21-11-9-19-29(31)39-37(41)33-23-13-15-25-35(33)44(39)4)42-32-22-12-10-20-30(32)40-38(42)34-24-14-16-26-36(34)45(40)5;1-28-23-24-36-35(27-28)37-38(42(36)5)31-19-11-14-22-34(31)40(37)44(6,26-16-8-7-15-25-43-41(2,3)4)39-32-20-12-9-17-29(32)30-18-10-13-21-33(30)39;;;;;;;;;;/h9-16,19-26,29-32,37-42H,7-8,17-18,27-28H2,1-6H3;9-14,17-24,27,29-34,37-40H,7-8,15-16,25-26H2,1-6H3;4*1H3;4*1H;;/q;;4*-1;;;;;2*+4/p-4. The van der Waals surface area contributed by atoms with Gasteiger partial charge in [-0.3, -0.25) is 0 Å². The first-order chi connectivity index (χ1) is 46.7. The number of hydrogen-bond donors (Lipinski definition) is 0. The Hall–Kier alpha value is -2.26. The van der Waals surface area contributed by atoms with Crippen molar-refractivity contribution >= 4 is 67.3 Å². The number of halogens is 4. The molecule has 0 spiro atoms. The molecule has 15 rings (SSSR count). The number of hydrogen-bond acceptors (Lipinski definition) is 5. The van der Waals surface area contributed by atoms with Crippen LogP contribution in [0, 0.1) is 95.8 Å².